The first-order valence-corrected chi connectivity index (χ1v) is 12.6. The molecule has 3 rings (SSSR count). The predicted molar refractivity (Wildman–Crippen MR) is 140 cm³/mol. The van der Waals surface area contributed by atoms with Crippen LogP contribution in [0.2, 0.25) is 0 Å². The highest BCUT2D eigenvalue weighted by Gasteiger charge is 2.35. The van der Waals surface area contributed by atoms with Gasteiger partial charge >= 0.3 is 5.97 Å². The van der Waals surface area contributed by atoms with E-state index in [1.165, 1.54) is 5.57 Å². The number of likely N-dealkylation sites (N-methyl/N-ethyl adjacent to an activating group) is 1. The Kier molecular flexibility index (Phi) is 8.24. The molecular weight excluding hydrogens is 443 g/mol. The van der Waals surface area contributed by atoms with E-state index < -0.39 is 5.97 Å². The Labute approximate surface area is 207 Å². The summed E-state index contributed by atoms with van der Waals surface area (Å²) in [7, 11) is 2.06. The molecule has 35 heavy (non-hydrogen) atoms. The fourth-order valence-corrected chi connectivity index (χ4v) is 4.97. The van der Waals surface area contributed by atoms with Gasteiger partial charge in [0.2, 0.25) is 0 Å². The summed E-state index contributed by atoms with van der Waals surface area (Å²) in [6.45, 7) is 13.1. The topological polar surface area (TPSA) is 51.5 Å². The van der Waals surface area contributed by atoms with Crippen molar-refractivity contribution in [2.45, 2.75) is 66.8 Å². The van der Waals surface area contributed by atoms with E-state index in [2.05, 4.69) is 63.3 Å². The molecule has 5 nitrogen and oxygen atoms in total. The minimum atomic E-state index is -0.593. The maximum atomic E-state index is 13.1. The number of hydrogen-bond acceptors (Lipinski definition) is 4. The summed E-state index contributed by atoms with van der Waals surface area (Å²) in [6.07, 6.45) is 3.69. The lowest BCUT2D eigenvalue weighted by Gasteiger charge is -2.43. The second-order valence-electron chi connectivity index (χ2n) is 10.4. The SMILES string of the molecule is CCOC(=O)c1cn2c(cc1=O)/C(=c1\cccc(CCCF)\c1=C(/C)CC)N(C)CC2C(C)(C)C. The average molecular weight is 483 g/mol. The molecule has 0 radical (unpaired) electrons. The zero-order chi connectivity index (χ0) is 25.9. The molecule has 0 N–H and O–H groups in total. The average Bonchev–Trinajstić information content (AvgIpc) is 2.80. The first-order chi connectivity index (χ1) is 16.5. The molecule has 0 saturated carbocycles. The first kappa shape index (κ1) is 26.7. The van der Waals surface area contributed by atoms with Gasteiger partial charge in [-0.2, -0.15) is 0 Å². The van der Waals surface area contributed by atoms with Crippen LogP contribution in [0.25, 0.3) is 11.3 Å². The molecular formula is C29H39FN2O3. The van der Waals surface area contributed by atoms with Crippen molar-refractivity contribution in [3.8, 4) is 0 Å². The summed E-state index contributed by atoms with van der Waals surface area (Å²) in [5, 5.41) is 2.17. The normalized spacial score (nSPS) is 18.3. The number of carbonyl (C=O) groups is 1. The highest BCUT2D eigenvalue weighted by Crippen LogP contribution is 2.37. The largest absolute Gasteiger partial charge is 0.462 e. The van der Waals surface area contributed by atoms with Crippen LogP contribution in [0, 0.1) is 5.41 Å². The fraction of sp³-hybridized carbons (Fsp3) is 0.517. The molecule has 190 valence electrons. The summed E-state index contributed by atoms with van der Waals surface area (Å²) in [4.78, 5) is 27.9. The summed E-state index contributed by atoms with van der Waals surface area (Å²) < 4.78 is 20.3. The van der Waals surface area contributed by atoms with Crippen molar-refractivity contribution in [3.63, 3.8) is 0 Å². The van der Waals surface area contributed by atoms with Gasteiger partial charge in [0.1, 0.15) is 5.56 Å². The van der Waals surface area contributed by atoms with Crippen LogP contribution in [0.3, 0.4) is 0 Å². The van der Waals surface area contributed by atoms with E-state index in [1.54, 1.807) is 19.2 Å². The Morgan fingerprint density at radius 1 is 1.23 bits per heavy atom. The van der Waals surface area contributed by atoms with E-state index in [9.17, 15) is 14.0 Å². The van der Waals surface area contributed by atoms with Gasteiger partial charge in [-0.25, -0.2) is 4.79 Å². The number of hydrogen-bond donors (Lipinski definition) is 0. The third-order valence-corrected chi connectivity index (χ3v) is 6.92. The van der Waals surface area contributed by atoms with Crippen molar-refractivity contribution in [2.24, 2.45) is 5.41 Å². The molecule has 1 unspecified atom stereocenters. The van der Waals surface area contributed by atoms with Gasteiger partial charge in [-0.1, -0.05) is 51.5 Å². The molecule has 6 heteroatoms. The van der Waals surface area contributed by atoms with E-state index in [0.717, 1.165) is 40.4 Å². The number of ether oxygens (including phenoxy) is 1. The molecule has 1 aromatic heterocycles. The predicted octanol–water partition coefficient (Wildman–Crippen LogP) is 4.20. The van der Waals surface area contributed by atoms with E-state index in [1.807, 2.05) is 6.07 Å². The second-order valence-corrected chi connectivity index (χ2v) is 10.4. The summed E-state index contributed by atoms with van der Waals surface area (Å²) in [5.74, 6) is -0.593. The molecule has 1 aromatic carbocycles. The minimum Gasteiger partial charge on any atom is -0.462 e. The number of carbonyl (C=O) groups excluding carboxylic acids is 1. The van der Waals surface area contributed by atoms with Gasteiger partial charge < -0.3 is 14.2 Å². The summed E-state index contributed by atoms with van der Waals surface area (Å²) in [6, 6.07) is 7.79. The van der Waals surface area contributed by atoms with Crippen LogP contribution in [0.5, 0.6) is 0 Å². The third kappa shape index (κ3) is 5.36. The number of rotatable bonds is 6. The lowest BCUT2D eigenvalue weighted by molar-refractivity contribution is 0.0522. The third-order valence-electron chi connectivity index (χ3n) is 6.92. The maximum absolute atomic E-state index is 13.1. The highest BCUT2D eigenvalue weighted by molar-refractivity contribution is 5.89. The number of nitrogens with zero attached hydrogens (tertiary/aromatic N) is 2. The smallest absolute Gasteiger partial charge is 0.343 e. The van der Waals surface area contributed by atoms with Gasteiger partial charge in [0.15, 0.2) is 5.43 Å². The standard InChI is InChI=1S/C29H39FN2O3/c1-8-19(3)26-20(13-11-15-30)12-10-14-21(26)27-23-16-24(33)22(28(34)35-9-2)17-32(23)25(18-31(27)7)29(4,5)6/h10,12,14,16-17,25H,8-9,11,13,15,18H2,1-7H3/b26-19-,27-21-. The van der Waals surface area contributed by atoms with Crippen LogP contribution >= 0.6 is 0 Å². The fourth-order valence-electron chi connectivity index (χ4n) is 4.97. The highest BCUT2D eigenvalue weighted by atomic mass is 19.1. The molecule has 0 bridgehead atoms. The number of fused-ring (bicyclic) bond motifs is 1. The van der Waals surface area contributed by atoms with E-state index >= 15 is 0 Å². The Bertz CT molecular complexity index is 1270. The molecule has 1 atom stereocenters. The summed E-state index contributed by atoms with van der Waals surface area (Å²) >= 11 is 0. The minimum absolute atomic E-state index is 0.0365. The van der Waals surface area contributed by atoms with Crippen LogP contribution in [0.15, 0.2) is 35.3 Å². The van der Waals surface area contributed by atoms with Crippen molar-refractivity contribution in [2.75, 3.05) is 26.9 Å². The molecule has 0 fully saturated rings. The van der Waals surface area contributed by atoms with Gasteiger partial charge in [0, 0.05) is 31.1 Å². The molecule has 1 aliphatic heterocycles. The molecule has 0 spiro atoms. The molecule has 0 aliphatic carbocycles. The molecule has 2 heterocycles. The molecule has 2 aromatic rings. The molecule has 1 aliphatic rings. The van der Waals surface area contributed by atoms with E-state index in [4.69, 9.17) is 4.74 Å². The number of alkyl halides is 1. The maximum Gasteiger partial charge on any atom is 0.343 e. The zero-order valence-electron chi connectivity index (χ0n) is 22.2. The molecule has 0 amide bonds. The lowest BCUT2D eigenvalue weighted by Crippen LogP contribution is -2.46. The molecule has 0 saturated heterocycles. The van der Waals surface area contributed by atoms with Crippen molar-refractivity contribution in [1.82, 2.24) is 9.47 Å². The van der Waals surface area contributed by atoms with Crippen molar-refractivity contribution >= 4 is 17.2 Å². The van der Waals surface area contributed by atoms with Gasteiger partial charge in [-0.15, -0.1) is 0 Å². The Morgan fingerprint density at radius 2 is 1.94 bits per heavy atom. The second kappa shape index (κ2) is 10.8. The van der Waals surface area contributed by atoms with Crippen LogP contribution in [-0.4, -0.2) is 42.3 Å². The zero-order valence-corrected chi connectivity index (χ0v) is 22.2. The first-order valence-electron chi connectivity index (χ1n) is 12.6. The number of aromatic nitrogens is 1. The monoisotopic (exact) mass is 482 g/mol. The van der Waals surface area contributed by atoms with Crippen LogP contribution in [-0.2, 0) is 11.2 Å². The van der Waals surface area contributed by atoms with Gasteiger partial charge in [-0.05, 0) is 49.3 Å². The number of aryl methyl sites for hydroxylation is 1. The lowest BCUT2D eigenvalue weighted by atomic mass is 9.84. The van der Waals surface area contributed by atoms with Gasteiger partial charge in [-0.3, -0.25) is 9.18 Å². The number of halogens is 1. The summed E-state index contributed by atoms with van der Waals surface area (Å²) in [5.41, 5.74) is 3.67. The van der Waals surface area contributed by atoms with E-state index in [0.29, 0.717) is 12.8 Å². The van der Waals surface area contributed by atoms with Gasteiger partial charge in [0.05, 0.1) is 30.7 Å². The van der Waals surface area contributed by atoms with E-state index in [-0.39, 0.29) is 35.7 Å². The van der Waals surface area contributed by atoms with Crippen molar-refractivity contribution in [3.05, 3.63) is 67.9 Å². The Hall–Kier alpha value is -2.89. The van der Waals surface area contributed by atoms with Crippen molar-refractivity contribution < 1.29 is 13.9 Å². The number of pyridine rings is 1. The van der Waals surface area contributed by atoms with Crippen LogP contribution in [0.1, 0.15) is 82.0 Å². The number of esters is 1. The van der Waals surface area contributed by atoms with Crippen molar-refractivity contribution in [1.29, 1.82) is 0 Å². The number of benzene rings is 1. The Balaban J connectivity index is 2.47. The Morgan fingerprint density at radius 3 is 2.54 bits per heavy atom. The quantitative estimate of drug-likeness (QED) is 0.579. The van der Waals surface area contributed by atoms with Crippen LogP contribution in [0.4, 0.5) is 4.39 Å². The van der Waals surface area contributed by atoms with Gasteiger partial charge in [0.25, 0.3) is 0 Å². The van der Waals surface area contributed by atoms with Crippen LogP contribution < -0.4 is 15.9 Å².